The largest absolute Gasteiger partial charge is 0.654 e. The summed E-state index contributed by atoms with van der Waals surface area (Å²) in [6.07, 6.45) is 3.20. The molecule has 0 spiro atoms. The summed E-state index contributed by atoms with van der Waals surface area (Å²) in [4.78, 5) is 13.9. The van der Waals surface area contributed by atoms with Crippen LogP contribution in [0.25, 0.3) is 48.4 Å². The third-order valence-electron chi connectivity index (χ3n) is 10.5. The van der Waals surface area contributed by atoms with Gasteiger partial charge in [0.2, 0.25) is 0 Å². The zero-order valence-electron chi connectivity index (χ0n) is 26.4. The van der Waals surface area contributed by atoms with E-state index < -0.39 is 23.3 Å². The Morgan fingerprint density at radius 2 is 1.98 bits per heavy atom. The van der Waals surface area contributed by atoms with Crippen molar-refractivity contribution in [2.24, 2.45) is 0 Å². The first kappa shape index (κ1) is 32.0. The maximum Gasteiger partial charge on any atom is 0.319 e. The van der Waals surface area contributed by atoms with Crippen molar-refractivity contribution in [3.63, 3.8) is 0 Å². The molecule has 7 heterocycles. The summed E-state index contributed by atoms with van der Waals surface area (Å²) in [5.41, 5.74) is 6.39. The zero-order valence-corrected chi connectivity index (χ0v) is 31.2. The van der Waals surface area contributed by atoms with E-state index in [0.29, 0.717) is 48.4 Å². The van der Waals surface area contributed by atoms with Gasteiger partial charge in [-0.05, 0) is 44.0 Å². The summed E-state index contributed by atoms with van der Waals surface area (Å²) in [5, 5.41) is 16.3. The monoisotopic (exact) mass is 772 g/mol. The van der Waals surface area contributed by atoms with Crippen LogP contribution in [0.15, 0.2) is 22.6 Å². The molecule has 4 atom stereocenters. The Kier molecular flexibility index (Phi) is 7.81. The summed E-state index contributed by atoms with van der Waals surface area (Å²) in [6.45, 7) is 4.42. The number of thiophene rings is 1. The minimum absolute atomic E-state index is 0. The van der Waals surface area contributed by atoms with Crippen molar-refractivity contribution < 1.29 is 49.6 Å². The van der Waals surface area contributed by atoms with Crippen LogP contribution < -0.4 is 15.4 Å². The maximum atomic E-state index is 17.4. The number of aromatic nitrogens is 2. The van der Waals surface area contributed by atoms with Gasteiger partial charge in [-0.3, -0.25) is 4.90 Å². The molecular formula is C34H31CdF3N7O2S-. The number of hydrogen-bond acceptors (Lipinski definition) is 9. The summed E-state index contributed by atoms with van der Waals surface area (Å²) >= 11 is 0.950. The normalized spacial score (nSPS) is 25.2. The van der Waals surface area contributed by atoms with E-state index in [-0.39, 0.29) is 94.9 Å². The Balaban J connectivity index is 0.00000336. The summed E-state index contributed by atoms with van der Waals surface area (Å²) in [5.74, 6) is -0.181. The van der Waals surface area contributed by atoms with Crippen LogP contribution in [0, 0.1) is 29.9 Å². The molecule has 2 unspecified atom stereocenters. The van der Waals surface area contributed by atoms with Crippen molar-refractivity contribution in [2.45, 2.75) is 62.8 Å². The van der Waals surface area contributed by atoms with Crippen molar-refractivity contribution in [3.05, 3.63) is 46.5 Å². The number of anilines is 2. The molecule has 0 saturated carbocycles. The Labute approximate surface area is 298 Å². The molecule has 4 aliphatic rings. The Bertz CT molecular complexity index is 2160. The quantitative estimate of drug-likeness (QED) is 0.191. The van der Waals surface area contributed by atoms with Gasteiger partial charge in [0.25, 0.3) is 0 Å². The summed E-state index contributed by atoms with van der Waals surface area (Å²) < 4.78 is 59.6. The van der Waals surface area contributed by atoms with Gasteiger partial charge in [0.1, 0.15) is 52.3 Å². The molecule has 0 radical (unpaired) electrons. The topological polar surface area (TPSA) is 119 Å². The number of fused-ring (bicyclic) bond motifs is 7. The summed E-state index contributed by atoms with van der Waals surface area (Å²) in [6, 6.07) is 6.94. The molecule has 4 saturated heterocycles. The van der Waals surface area contributed by atoms with Gasteiger partial charge in [-0.1, -0.05) is 18.9 Å². The van der Waals surface area contributed by atoms with Crippen LogP contribution in [-0.2, 0) is 27.3 Å². The molecular weight excluding hydrogens is 740 g/mol. The standard InChI is InChI=1S/C34H31F3N7O2S.Cd/c1-16-9-21-26-28(27(37)25(29(21)46-16)20-5-6-23(36)30-24(20)22(11-38)31(39)47-30)41-33(42-32(26)43-13-18-3-4-19(14-43)40-18)45-15-34-7-2-8-44(34)12-17(35)10-34;/h5-6,9,17-19H,2-4,7-8,10,12-15,39H2,1H3;/q-1;/t17-,18?,19?,34+;/m1./s1. The van der Waals surface area contributed by atoms with Crippen molar-refractivity contribution >= 4 is 54.1 Å². The molecule has 0 aliphatic carbocycles. The van der Waals surface area contributed by atoms with Gasteiger partial charge in [0, 0.05) is 64.1 Å². The number of halogens is 3. The van der Waals surface area contributed by atoms with Crippen LogP contribution in [0.5, 0.6) is 6.01 Å². The van der Waals surface area contributed by atoms with E-state index in [1.807, 2.05) is 6.07 Å². The SMILES string of the molecule is Cc1cc2c(o1)c(-c1ccc(F)c3sc(N)c(C#N)c13)c(F)c1nc(OC[C@@]34CCCN3C[C@H](F)C4)nc(N3CC4CCC(C3)[N-]4)c12.[Cd]. The van der Waals surface area contributed by atoms with Crippen LogP contribution in [0.1, 0.15) is 43.4 Å². The molecule has 2 bridgehead atoms. The Hall–Kier alpha value is -3.20. The molecule has 9 rings (SSSR count). The van der Waals surface area contributed by atoms with Crippen LogP contribution in [0.3, 0.4) is 0 Å². The maximum absolute atomic E-state index is 17.4. The molecule has 14 heteroatoms. The average molecular weight is 771 g/mol. The second-order valence-corrected chi connectivity index (χ2v) is 14.4. The number of hydrogen-bond donors (Lipinski definition) is 1. The van der Waals surface area contributed by atoms with Crippen LogP contribution in [0.4, 0.5) is 24.0 Å². The van der Waals surface area contributed by atoms with E-state index in [1.165, 1.54) is 12.1 Å². The second-order valence-electron chi connectivity index (χ2n) is 13.4. The zero-order chi connectivity index (χ0) is 32.2. The number of nitrogen functional groups attached to an aromatic ring is 1. The number of piperazine rings is 1. The molecule has 3 aromatic heterocycles. The molecule has 4 aliphatic heterocycles. The van der Waals surface area contributed by atoms with E-state index in [0.717, 1.165) is 43.6 Å². The molecule has 0 amide bonds. The average Bonchev–Trinajstić information content (AvgIpc) is 3.85. The van der Waals surface area contributed by atoms with Crippen molar-refractivity contribution in [1.82, 2.24) is 14.9 Å². The smallest absolute Gasteiger partial charge is 0.319 e. The predicted molar refractivity (Wildman–Crippen MR) is 175 cm³/mol. The molecule has 5 aromatic rings. The minimum Gasteiger partial charge on any atom is -0.654 e. The Morgan fingerprint density at radius 1 is 1.19 bits per heavy atom. The van der Waals surface area contributed by atoms with Gasteiger partial charge < -0.3 is 25.1 Å². The van der Waals surface area contributed by atoms with E-state index in [4.69, 9.17) is 30.2 Å². The van der Waals surface area contributed by atoms with E-state index in [1.54, 1.807) is 6.92 Å². The van der Waals surface area contributed by atoms with Crippen molar-refractivity contribution in [3.8, 4) is 23.2 Å². The van der Waals surface area contributed by atoms with Crippen LogP contribution in [-0.4, -0.2) is 71.4 Å². The number of rotatable bonds is 5. The van der Waals surface area contributed by atoms with Gasteiger partial charge in [-0.25, -0.2) is 13.2 Å². The number of aryl methyl sites for hydroxylation is 1. The first-order valence-electron chi connectivity index (χ1n) is 16.0. The Morgan fingerprint density at radius 3 is 2.75 bits per heavy atom. The number of nitrogens with two attached hydrogens (primary N) is 1. The number of furan rings is 1. The fourth-order valence-corrected chi connectivity index (χ4v) is 9.44. The fraction of sp³-hybridized carbons (Fsp3) is 0.441. The van der Waals surface area contributed by atoms with Gasteiger partial charge >= 0.3 is 6.01 Å². The van der Waals surface area contributed by atoms with Crippen LogP contribution >= 0.6 is 11.3 Å². The first-order valence-corrected chi connectivity index (χ1v) is 16.9. The van der Waals surface area contributed by atoms with Gasteiger partial charge in [-0.15, -0.1) is 23.4 Å². The molecule has 4 fully saturated rings. The van der Waals surface area contributed by atoms with E-state index in [2.05, 4.69) is 15.9 Å². The number of nitrogens with zero attached hydrogens (tertiary/aromatic N) is 6. The number of ether oxygens (including phenoxy) is 1. The molecule has 48 heavy (non-hydrogen) atoms. The first-order chi connectivity index (χ1) is 22.7. The fourth-order valence-electron chi connectivity index (χ4n) is 8.49. The molecule has 9 nitrogen and oxygen atoms in total. The molecule has 2 aromatic carbocycles. The summed E-state index contributed by atoms with van der Waals surface area (Å²) in [7, 11) is 0. The molecule has 244 valence electrons. The number of nitriles is 1. The minimum atomic E-state index is -0.922. The van der Waals surface area contributed by atoms with E-state index in [9.17, 15) is 9.65 Å². The third-order valence-corrected chi connectivity index (χ3v) is 11.5. The van der Waals surface area contributed by atoms with Gasteiger partial charge in [0.15, 0.2) is 5.82 Å². The van der Waals surface area contributed by atoms with Crippen molar-refractivity contribution in [1.29, 1.82) is 5.26 Å². The predicted octanol–water partition coefficient (Wildman–Crippen LogP) is 6.98. The van der Waals surface area contributed by atoms with Gasteiger partial charge in [-0.2, -0.15) is 15.2 Å². The van der Waals surface area contributed by atoms with Crippen molar-refractivity contribution in [2.75, 3.05) is 43.4 Å². The second kappa shape index (κ2) is 11.7. The van der Waals surface area contributed by atoms with E-state index >= 15 is 8.78 Å². The third kappa shape index (κ3) is 4.80. The number of alkyl halides is 1. The number of benzene rings is 2. The van der Waals surface area contributed by atoms with Gasteiger partial charge in [0.05, 0.1) is 26.8 Å². The molecule has 2 N–H and O–H groups in total. The van der Waals surface area contributed by atoms with Crippen LogP contribution in [0.2, 0.25) is 0 Å².